The third-order valence-corrected chi connectivity index (χ3v) is 2.54. The molecule has 1 aromatic carbocycles. The quantitative estimate of drug-likeness (QED) is 0.669. The molecule has 21 heavy (non-hydrogen) atoms. The molecule has 1 atom stereocenters. The van der Waals surface area contributed by atoms with Gasteiger partial charge in [0.15, 0.2) is 0 Å². The van der Waals surface area contributed by atoms with Crippen LogP contribution in [0.3, 0.4) is 0 Å². The van der Waals surface area contributed by atoms with Gasteiger partial charge in [-0.05, 0) is 13.0 Å². The summed E-state index contributed by atoms with van der Waals surface area (Å²) in [7, 11) is 0. The minimum atomic E-state index is -1.26. The lowest BCUT2D eigenvalue weighted by molar-refractivity contribution is -0.131. The molecule has 0 saturated carbocycles. The van der Waals surface area contributed by atoms with E-state index in [0.29, 0.717) is 11.6 Å². The zero-order valence-corrected chi connectivity index (χ0v) is 11.3. The van der Waals surface area contributed by atoms with Crippen molar-refractivity contribution in [2.24, 2.45) is 0 Å². The Labute approximate surface area is 120 Å². The summed E-state index contributed by atoms with van der Waals surface area (Å²) in [5, 5.41) is 13.1. The van der Waals surface area contributed by atoms with E-state index in [1.807, 2.05) is 0 Å². The molecule has 112 valence electrons. The summed E-state index contributed by atoms with van der Waals surface area (Å²) in [5.41, 5.74) is 0.329. The number of halogens is 1. The number of carbonyl (C=O) groups is 3. The lowest BCUT2D eigenvalue weighted by Gasteiger charge is -2.13. The largest absolute Gasteiger partial charge is 0.478 e. The molecule has 7 heteroatoms. The van der Waals surface area contributed by atoms with Gasteiger partial charge in [0.2, 0.25) is 11.8 Å². The molecule has 6 nitrogen and oxygen atoms in total. The summed E-state index contributed by atoms with van der Waals surface area (Å²) < 4.78 is 13.3. The van der Waals surface area contributed by atoms with E-state index in [9.17, 15) is 18.8 Å². The highest BCUT2D eigenvalue weighted by Gasteiger charge is 2.14. The van der Waals surface area contributed by atoms with Crippen LogP contribution < -0.4 is 10.6 Å². The molecular formula is C14H15FN2O4. The number of rotatable bonds is 6. The van der Waals surface area contributed by atoms with Crippen LogP contribution in [0.1, 0.15) is 12.5 Å². The highest BCUT2D eigenvalue weighted by atomic mass is 19.1. The van der Waals surface area contributed by atoms with Crippen LogP contribution in [0, 0.1) is 5.82 Å². The number of benzene rings is 1. The van der Waals surface area contributed by atoms with Crippen LogP contribution in [-0.4, -0.2) is 28.9 Å². The molecule has 0 heterocycles. The average molecular weight is 294 g/mol. The number of hydrogen-bond acceptors (Lipinski definition) is 3. The Morgan fingerprint density at radius 1 is 1.29 bits per heavy atom. The molecule has 0 radical (unpaired) electrons. The number of aliphatic carboxylic acids is 1. The fourth-order valence-electron chi connectivity index (χ4n) is 1.45. The number of carboxylic acid groups (broad SMARTS) is 1. The molecule has 0 aliphatic heterocycles. The van der Waals surface area contributed by atoms with Gasteiger partial charge < -0.3 is 15.7 Å². The van der Waals surface area contributed by atoms with E-state index in [-0.39, 0.29) is 6.54 Å². The maximum absolute atomic E-state index is 13.3. The maximum atomic E-state index is 13.3. The summed E-state index contributed by atoms with van der Waals surface area (Å²) in [5.74, 6) is -2.90. The molecule has 1 rings (SSSR count). The van der Waals surface area contributed by atoms with E-state index in [0.717, 1.165) is 6.08 Å². The third kappa shape index (κ3) is 5.85. The van der Waals surface area contributed by atoms with Gasteiger partial charge in [-0.25, -0.2) is 9.18 Å². The van der Waals surface area contributed by atoms with E-state index in [4.69, 9.17) is 5.11 Å². The first-order chi connectivity index (χ1) is 9.90. The zero-order valence-electron chi connectivity index (χ0n) is 11.3. The van der Waals surface area contributed by atoms with Crippen molar-refractivity contribution in [1.29, 1.82) is 0 Å². The summed E-state index contributed by atoms with van der Waals surface area (Å²) in [6, 6.07) is 5.13. The van der Waals surface area contributed by atoms with Crippen LogP contribution in [0.25, 0.3) is 0 Å². The van der Waals surface area contributed by atoms with E-state index in [2.05, 4.69) is 10.6 Å². The van der Waals surface area contributed by atoms with Crippen molar-refractivity contribution in [3.63, 3.8) is 0 Å². The molecule has 3 N–H and O–H groups in total. The summed E-state index contributed by atoms with van der Waals surface area (Å²) in [4.78, 5) is 33.2. The van der Waals surface area contributed by atoms with E-state index < -0.39 is 29.6 Å². The second kappa shape index (κ2) is 7.78. The summed E-state index contributed by atoms with van der Waals surface area (Å²) in [6.45, 7) is 1.43. The van der Waals surface area contributed by atoms with Gasteiger partial charge in [-0.2, -0.15) is 0 Å². The normalized spacial score (nSPS) is 11.9. The fraction of sp³-hybridized carbons (Fsp3) is 0.214. The van der Waals surface area contributed by atoms with Crippen molar-refractivity contribution < 1.29 is 23.9 Å². The van der Waals surface area contributed by atoms with E-state index in [1.165, 1.54) is 25.1 Å². The first-order valence-electron chi connectivity index (χ1n) is 6.12. The predicted octanol–water partition coefficient (Wildman–Crippen LogP) is 0.587. The highest BCUT2D eigenvalue weighted by molar-refractivity contribution is 5.96. The van der Waals surface area contributed by atoms with Gasteiger partial charge in [-0.1, -0.05) is 18.2 Å². The van der Waals surface area contributed by atoms with E-state index in [1.54, 1.807) is 6.07 Å². The van der Waals surface area contributed by atoms with Gasteiger partial charge in [0, 0.05) is 24.3 Å². The number of amides is 2. The van der Waals surface area contributed by atoms with Crippen LogP contribution in [0.15, 0.2) is 36.4 Å². The van der Waals surface area contributed by atoms with Crippen molar-refractivity contribution in [2.75, 3.05) is 0 Å². The third-order valence-electron chi connectivity index (χ3n) is 2.54. The van der Waals surface area contributed by atoms with Crippen molar-refractivity contribution in [1.82, 2.24) is 10.6 Å². The van der Waals surface area contributed by atoms with Crippen molar-refractivity contribution in [3.05, 3.63) is 47.8 Å². The first kappa shape index (κ1) is 16.4. The summed E-state index contributed by atoms with van der Waals surface area (Å²) >= 11 is 0. The SMILES string of the molecule is CC(NC(=O)/C=C/C(=O)O)C(=O)NCc1ccccc1F. The van der Waals surface area contributed by atoms with Gasteiger partial charge in [0.05, 0.1) is 0 Å². The van der Waals surface area contributed by atoms with Crippen molar-refractivity contribution >= 4 is 17.8 Å². The lowest BCUT2D eigenvalue weighted by Crippen LogP contribution is -2.44. The smallest absolute Gasteiger partial charge is 0.328 e. The highest BCUT2D eigenvalue weighted by Crippen LogP contribution is 2.05. The van der Waals surface area contributed by atoms with Gasteiger partial charge in [-0.3, -0.25) is 9.59 Å². The Hall–Kier alpha value is -2.70. The Balaban J connectivity index is 2.46. The van der Waals surface area contributed by atoms with Crippen LogP contribution in [-0.2, 0) is 20.9 Å². The number of hydrogen-bond donors (Lipinski definition) is 3. The molecule has 0 fully saturated rings. The second-order valence-electron chi connectivity index (χ2n) is 4.21. The predicted molar refractivity (Wildman–Crippen MR) is 72.6 cm³/mol. The fourth-order valence-corrected chi connectivity index (χ4v) is 1.45. The minimum absolute atomic E-state index is 0.00329. The average Bonchev–Trinajstić information content (AvgIpc) is 2.43. The zero-order chi connectivity index (χ0) is 15.8. The molecule has 0 spiro atoms. The van der Waals surface area contributed by atoms with Gasteiger partial charge in [0.25, 0.3) is 0 Å². The van der Waals surface area contributed by atoms with Gasteiger partial charge in [-0.15, -0.1) is 0 Å². The molecule has 0 aromatic heterocycles. The minimum Gasteiger partial charge on any atom is -0.478 e. The Morgan fingerprint density at radius 2 is 1.95 bits per heavy atom. The van der Waals surface area contributed by atoms with Crippen LogP contribution >= 0.6 is 0 Å². The van der Waals surface area contributed by atoms with E-state index >= 15 is 0 Å². The van der Waals surface area contributed by atoms with Crippen LogP contribution in [0.5, 0.6) is 0 Å². The molecule has 1 aromatic rings. The number of carboxylic acids is 1. The number of carbonyl (C=O) groups excluding carboxylic acids is 2. The molecule has 0 bridgehead atoms. The van der Waals surface area contributed by atoms with Gasteiger partial charge in [0.1, 0.15) is 11.9 Å². The van der Waals surface area contributed by atoms with Crippen molar-refractivity contribution in [2.45, 2.75) is 19.5 Å². The maximum Gasteiger partial charge on any atom is 0.328 e. The topological polar surface area (TPSA) is 95.5 Å². The molecule has 0 aliphatic rings. The molecule has 0 saturated heterocycles. The second-order valence-corrected chi connectivity index (χ2v) is 4.21. The Bertz CT molecular complexity index is 572. The monoisotopic (exact) mass is 294 g/mol. The van der Waals surface area contributed by atoms with Crippen LogP contribution in [0.4, 0.5) is 4.39 Å². The standard InChI is InChI=1S/C14H15FN2O4/c1-9(17-12(18)6-7-13(19)20)14(21)16-8-10-4-2-3-5-11(10)15/h2-7,9H,8H2,1H3,(H,16,21)(H,17,18)(H,19,20)/b7-6+. The molecule has 2 amide bonds. The molecule has 0 aliphatic carbocycles. The van der Waals surface area contributed by atoms with Gasteiger partial charge >= 0.3 is 5.97 Å². The number of nitrogens with one attached hydrogen (secondary N) is 2. The Kier molecular flexibility index (Phi) is 6.06. The Morgan fingerprint density at radius 3 is 2.57 bits per heavy atom. The first-order valence-corrected chi connectivity index (χ1v) is 6.12. The van der Waals surface area contributed by atoms with Crippen molar-refractivity contribution in [3.8, 4) is 0 Å². The molecular weight excluding hydrogens is 279 g/mol. The molecule has 1 unspecified atom stereocenters. The van der Waals surface area contributed by atoms with Crippen LogP contribution in [0.2, 0.25) is 0 Å². The summed E-state index contributed by atoms with van der Waals surface area (Å²) in [6.07, 6.45) is 1.47. The lowest BCUT2D eigenvalue weighted by atomic mass is 10.2.